The van der Waals surface area contributed by atoms with E-state index in [1.165, 1.54) is 6.07 Å². The zero-order valence-electron chi connectivity index (χ0n) is 12.5. The van der Waals surface area contributed by atoms with Gasteiger partial charge in [-0.05, 0) is 33.8 Å². The van der Waals surface area contributed by atoms with Crippen molar-refractivity contribution < 1.29 is 9.34 Å². The number of aromatic nitrogens is 2. The van der Waals surface area contributed by atoms with E-state index >= 15 is 0 Å². The number of nitrogens with zero attached hydrogens (tertiary/aromatic N) is 3. The Kier molecular flexibility index (Phi) is 4.04. The van der Waals surface area contributed by atoms with Crippen molar-refractivity contribution in [3.63, 3.8) is 0 Å². The van der Waals surface area contributed by atoms with Crippen LogP contribution in [0.1, 0.15) is 32.2 Å². The van der Waals surface area contributed by atoms with Gasteiger partial charge in [-0.25, -0.2) is 0 Å². The van der Waals surface area contributed by atoms with Crippen LogP contribution in [0.3, 0.4) is 0 Å². The molecule has 0 bridgehead atoms. The topological polar surface area (TPSA) is 94.1 Å². The number of nitro benzene ring substituents is 1. The second-order valence-corrected chi connectivity index (χ2v) is 5.86. The molecule has 0 atom stereocenters. The molecule has 0 saturated carbocycles. The Labute approximate surface area is 122 Å². The quantitative estimate of drug-likeness (QED) is 0.687. The third kappa shape index (κ3) is 3.85. The predicted octanol–water partition coefficient (Wildman–Crippen LogP) is 2.84. The lowest BCUT2D eigenvalue weighted by atomic mass is 10.1. The maximum atomic E-state index is 11.0. The molecule has 1 N–H and O–H groups in total. The maximum absolute atomic E-state index is 11.0. The summed E-state index contributed by atoms with van der Waals surface area (Å²) < 4.78 is 5.53. The van der Waals surface area contributed by atoms with E-state index in [2.05, 4.69) is 15.5 Å². The Morgan fingerprint density at radius 3 is 2.67 bits per heavy atom. The summed E-state index contributed by atoms with van der Waals surface area (Å²) in [7, 11) is 0. The van der Waals surface area contributed by atoms with Crippen molar-refractivity contribution in [3.05, 3.63) is 39.8 Å². The molecule has 7 nitrogen and oxygen atoms in total. The first-order chi connectivity index (χ1) is 9.76. The van der Waals surface area contributed by atoms with Crippen LogP contribution < -0.4 is 5.32 Å². The highest BCUT2D eigenvalue weighted by Crippen LogP contribution is 2.26. The first-order valence-corrected chi connectivity index (χ1v) is 6.59. The Balaban J connectivity index is 2.22. The van der Waals surface area contributed by atoms with Crippen molar-refractivity contribution >= 4 is 5.69 Å². The molecule has 0 radical (unpaired) electrons. The Morgan fingerprint density at radius 2 is 2.05 bits per heavy atom. The summed E-state index contributed by atoms with van der Waals surface area (Å²) >= 11 is 0. The highest BCUT2D eigenvalue weighted by Gasteiger charge is 2.16. The number of benzene rings is 1. The molecule has 0 aliphatic carbocycles. The van der Waals surface area contributed by atoms with E-state index in [1.54, 1.807) is 19.1 Å². The highest BCUT2D eigenvalue weighted by molar-refractivity contribution is 5.59. The van der Waals surface area contributed by atoms with Gasteiger partial charge in [-0.15, -0.1) is 10.2 Å². The van der Waals surface area contributed by atoms with Crippen molar-refractivity contribution in [2.24, 2.45) is 0 Å². The fraction of sp³-hybridized carbons (Fsp3) is 0.429. The highest BCUT2D eigenvalue weighted by atomic mass is 16.6. The van der Waals surface area contributed by atoms with E-state index in [1.807, 2.05) is 20.8 Å². The standard InChI is InChI=1S/C14H18N4O3/c1-9-5-6-10(7-11(9)18(19)20)13-17-16-12(21-13)8-15-14(2,3)4/h5-7,15H,8H2,1-4H3. The summed E-state index contributed by atoms with van der Waals surface area (Å²) in [5.41, 5.74) is 1.12. The predicted molar refractivity (Wildman–Crippen MR) is 77.7 cm³/mol. The van der Waals surface area contributed by atoms with Gasteiger partial charge in [0, 0.05) is 22.7 Å². The van der Waals surface area contributed by atoms with Gasteiger partial charge in [0.2, 0.25) is 11.8 Å². The molecule has 0 aliphatic heterocycles. The second kappa shape index (κ2) is 5.61. The van der Waals surface area contributed by atoms with Crippen molar-refractivity contribution in [1.82, 2.24) is 15.5 Å². The minimum absolute atomic E-state index is 0.0417. The van der Waals surface area contributed by atoms with Gasteiger partial charge >= 0.3 is 0 Å². The molecule has 112 valence electrons. The van der Waals surface area contributed by atoms with Crippen LogP contribution in [0.25, 0.3) is 11.5 Å². The van der Waals surface area contributed by atoms with Crippen LogP contribution in [0.4, 0.5) is 5.69 Å². The number of nitrogens with one attached hydrogen (secondary N) is 1. The van der Waals surface area contributed by atoms with Gasteiger partial charge in [-0.2, -0.15) is 0 Å². The summed E-state index contributed by atoms with van der Waals surface area (Å²) in [5.74, 6) is 0.729. The molecule has 0 aliphatic rings. The van der Waals surface area contributed by atoms with Crippen LogP contribution in [0, 0.1) is 17.0 Å². The fourth-order valence-electron chi connectivity index (χ4n) is 1.72. The van der Waals surface area contributed by atoms with E-state index in [4.69, 9.17) is 4.42 Å². The lowest BCUT2D eigenvalue weighted by molar-refractivity contribution is -0.385. The van der Waals surface area contributed by atoms with Gasteiger partial charge in [-0.3, -0.25) is 10.1 Å². The lowest BCUT2D eigenvalue weighted by Crippen LogP contribution is -2.35. The Bertz CT molecular complexity index is 658. The molecule has 0 fully saturated rings. The van der Waals surface area contributed by atoms with Crippen LogP contribution >= 0.6 is 0 Å². The van der Waals surface area contributed by atoms with Crippen LogP contribution in [0.5, 0.6) is 0 Å². The minimum Gasteiger partial charge on any atom is -0.419 e. The molecule has 1 aromatic carbocycles. The van der Waals surface area contributed by atoms with E-state index in [-0.39, 0.29) is 17.1 Å². The number of rotatable bonds is 4. The summed E-state index contributed by atoms with van der Waals surface area (Å²) in [4.78, 5) is 10.5. The summed E-state index contributed by atoms with van der Waals surface area (Å²) in [6, 6.07) is 4.85. The van der Waals surface area contributed by atoms with Crippen molar-refractivity contribution in [2.45, 2.75) is 39.8 Å². The smallest absolute Gasteiger partial charge is 0.273 e. The Morgan fingerprint density at radius 1 is 1.33 bits per heavy atom. The van der Waals surface area contributed by atoms with Gasteiger partial charge in [-0.1, -0.05) is 6.07 Å². The van der Waals surface area contributed by atoms with E-state index in [0.29, 0.717) is 23.6 Å². The maximum Gasteiger partial charge on any atom is 0.273 e. The molecule has 0 amide bonds. The van der Waals surface area contributed by atoms with Gasteiger partial charge in [0.15, 0.2) is 0 Å². The zero-order chi connectivity index (χ0) is 15.6. The van der Waals surface area contributed by atoms with E-state index in [9.17, 15) is 10.1 Å². The first-order valence-electron chi connectivity index (χ1n) is 6.59. The normalized spacial score (nSPS) is 11.6. The average Bonchev–Trinajstić information content (AvgIpc) is 2.84. The number of aryl methyl sites for hydroxylation is 1. The van der Waals surface area contributed by atoms with Gasteiger partial charge in [0.25, 0.3) is 5.69 Å². The largest absolute Gasteiger partial charge is 0.419 e. The minimum atomic E-state index is -0.419. The van der Waals surface area contributed by atoms with Gasteiger partial charge < -0.3 is 9.73 Å². The van der Waals surface area contributed by atoms with Crippen LogP contribution in [0.15, 0.2) is 22.6 Å². The SMILES string of the molecule is Cc1ccc(-c2nnc(CNC(C)(C)C)o2)cc1[N+](=O)[O-]. The molecule has 2 rings (SSSR count). The fourth-order valence-corrected chi connectivity index (χ4v) is 1.72. The molecule has 21 heavy (non-hydrogen) atoms. The molecule has 1 aromatic heterocycles. The van der Waals surface area contributed by atoms with E-state index in [0.717, 1.165) is 0 Å². The number of nitro groups is 1. The Hall–Kier alpha value is -2.28. The lowest BCUT2D eigenvalue weighted by Gasteiger charge is -2.18. The van der Waals surface area contributed by atoms with Gasteiger partial charge in [0.1, 0.15) is 0 Å². The average molecular weight is 290 g/mol. The van der Waals surface area contributed by atoms with Gasteiger partial charge in [0.05, 0.1) is 11.5 Å². The van der Waals surface area contributed by atoms with Crippen molar-refractivity contribution in [3.8, 4) is 11.5 Å². The molecule has 0 spiro atoms. The zero-order valence-corrected chi connectivity index (χ0v) is 12.5. The monoisotopic (exact) mass is 290 g/mol. The molecule has 0 unspecified atom stereocenters. The molecule has 0 saturated heterocycles. The second-order valence-electron chi connectivity index (χ2n) is 5.86. The summed E-state index contributed by atoms with van der Waals surface area (Å²) in [5, 5.41) is 22.1. The van der Waals surface area contributed by atoms with E-state index < -0.39 is 4.92 Å². The number of hydrogen-bond donors (Lipinski definition) is 1. The third-order valence-electron chi connectivity index (χ3n) is 2.89. The van der Waals surface area contributed by atoms with Crippen LogP contribution in [-0.4, -0.2) is 20.7 Å². The molecule has 1 heterocycles. The van der Waals surface area contributed by atoms with Crippen molar-refractivity contribution in [1.29, 1.82) is 0 Å². The summed E-state index contributed by atoms with van der Waals surface area (Å²) in [6.45, 7) is 8.24. The molecule has 2 aromatic rings. The summed E-state index contributed by atoms with van der Waals surface area (Å²) in [6.07, 6.45) is 0. The molecule has 7 heteroatoms. The first kappa shape index (κ1) is 15.1. The number of hydrogen-bond acceptors (Lipinski definition) is 6. The van der Waals surface area contributed by atoms with Crippen LogP contribution in [0.2, 0.25) is 0 Å². The van der Waals surface area contributed by atoms with Crippen molar-refractivity contribution in [2.75, 3.05) is 0 Å². The third-order valence-corrected chi connectivity index (χ3v) is 2.89. The molecular formula is C14H18N4O3. The van der Waals surface area contributed by atoms with Crippen LogP contribution in [-0.2, 0) is 6.54 Å². The molecular weight excluding hydrogens is 272 g/mol.